The smallest absolute Gasteiger partial charge is 0.137 e. The van der Waals surface area contributed by atoms with Crippen LogP contribution in [0.1, 0.15) is 39.1 Å². The lowest BCUT2D eigenvalue weighted by Gasteiger charge is -2.07. The second-order valence-electron chi connectivity index (χ2n) is 8.75. The molecule has 164 valence electrons. The molecule has 1 heterocycles. The van der Waals surface area contributed by atoms with Crippen LogP contribution in [0.3, 0.4) is 0 Å². The molecule has 1 aliphatic rings. The molecule has 0 N–H and O–H groups in total. The van der Waals surface area contributed by atoms with Crippen LogP contribution in [0.25, 0.3) is 11.6 Å². The van der Waals surface area contributed by atoms with Gasteiger partial charge in [-0.3, -0.25) is 4.98 Å². The predicted molar refractivity (Wildman–Crippen MR) is 137 cm³/mol. The van der Waals surface area contributed by atoms with Crippen molar-refractivity contribution < 1.29 is 4.74 Å². The number of allylic oxidation sites excluding steroid dienone is 1. The molecule has 0 saturated carbocycles. The zero-order valence-electron chi connectivity index (χ0n) is 19.1. The molecule has 0 spiro atoms. The molecule has 2 heteroatoms. The summed E-state index contributed by atoms with van der Waals surface area (Å²) in [4.78, 5) is 4.49. The van der Waals surface area contributed by atoms with Gasteiger partial charge in [0.25, 0.3) is 0 Å². The number of benzene rings is 3. The molecule has 0 amide bonds. The average Bonchev–Trinajstić information content (AvgIpc) is 3.31. The van der Waals surface area contributed by atoms with Gasteiger partial charge in [-0.1, -0.05) is 78.9 Å². The van der Waals surface area contributed by atoms with Crippen molar-refractivity contribution in [1.82, 2.24) is 4.98 Å². The van der Waals surface area contributed by atoms with Crippen LogP contribution in [0, 0.1) is 0 Å². The summed E-state index contributed by atoms with van der Waals surface area (Å²) in [6, 6.07) is 30.8. The van der Waals surface area contributed by atoms with Gasteiger partial charge in [0.2, 0.25) is 0 Å². The average molecular weight is 432 g/mol. The second kappa shape index (κ2) is 9.87. The van der Waals surface area contributed by atoms with E-state index in [9.17, 15) is 0 Å². The largest absolute Gasteiger partial charge is 0.495 e. The number of ether oxygens (including phenoxy) is 1. The van der Waals surface area contributed by atoms with Crippen molar-refractivity contribution >= 4 is 11.6 Å². The standard InChI is InChI=1S/C31H29NO/c1-33-31-17-16-30(32-22-31)15-13-25-12-14-27-20-29(21-28(27)19-25)26-9-5-8-24(18-26)11-10-23-6-3-2-4-7-23/h2-9,12,14,16-19,21-22H,10-11,13,15,20H2,1H3. The molecule has 0 saturated heterocycles. The highest BCUT2D eigenvalue weighted by Gasteiger charge is 2.15. The van der Waals surface area contributed by atoms with E-state index in [1.165, 1.54) is 39.0 Å². The Balaban J connectivity index is 1.25. The van der Waals surface area contributed by atoms with Crippen molar-refractivity contribution in [1.29, 1.82) is 0 Å². The number of hydrogen-bond donors (Lipinski definition) is 0. The van der Waals surface area contributed by atoms with Gasteiger partial charge in [-0.05, 0) is 83.2 Å². The molecule has 1 aliphatic carbocycles. The molecule has 0 fully saturated rings. The van der Waals surface area contributed by atoms with Crippen LogP contribution in [0.2, 0.25) is 0 Å². The molecule has 5 rings (SSSR count). The van der Waals surface area contributed by atoms with Crippen LogP contribution in [-0.2, 0) is 32.1 Å². The van der Waals surface area contributed by atoms with E-state index in [4.69, 9.17) is 4.74 Å². The highest BCUT2D eigenvalue weighted by molar-refractivity contribution is 5.88. The summed E-state index contributed by atoms with van der Waals surface area (Å²) >= 11 is 0. The van der Waals surface area contributed by atoms with E-state index in [-0.39, 0.29) is 0 Å². The summed E-state index contributed by atoms with van der Waals surface area (Å²) in [5.74, 6) is 0.804. The Morgan fingerprint density at radius 3 is 2.33 bits per heavy atom. The monoisotopic (exact) mass is 431 g/mol. The third kappa shape index (κ3) is 5.23. The molecule has 3 aromatic carbocycles. The van der Waals surface area contributed by atoms with E-state index in [0.29, 0.717) is 0 Å². The fraction of sp³-hybridized carbons (Fsp3) is 0.194. The first-order chi connectivity index (χ1) is 16.3. The van der Waals surface area contributed by atoms with E-state index in [1.54, 1.807) is 13.3 Å². The molecule has 2 nitrogen and oxygen atoms in total. The second-order valence-corrected chi connectivity index (χ2v) is 8.75. The number of fused-ring (bicyclic) bond motifs is 1. The third-order valence-corrected chi connectivity index (χ3v) is 6.47. The molecule has 33 heavy (non-hydrogen) atoms. The van der Waals surface area contributed by atoms with Crippen LogP contribution >= 0.6 is 0 Å². The third-order valence-electron chi connectivity index (χ3n) is 6.47. The molecule has 1 aromatic heterocycles. The van der Waals surface area contributed by atoms with Crippen LogP contribution in [0.15, 0.2) is 91.1 Å². The summed E-state index contributed by atoms with van der Waals surface area (Å²) in [5.41, 5.74) is 10.8. The summed E-state index contributed by atoms with van der Waals surface area (Å²) < 4.78 is 5.20. The van der Waals surface area contributed by atoms with Gasteiger partial charge in [0.15, 0.2) is 0 Å². The fourth-order valence-corrected chi connectivity index (χ4v) is 4.54. The molecule has 0 bridgehead atoms. The Bertz CT molecular complexity index is 1260. The van der Waals surface area contributed by atoms with Crippen LogP contribution in [0.4, 0.5) is 0 Å². The van der Waals surface area contributed by atoms with Crippen LogP contribution < -0.4 is 4.74 Å². The maximum atomic E-state index is 5.20. The van der Waals surface area contributed by atoms with Crippen molar-refractivity contribution in [2.75, 3.05) is 7.11 Å². The number of nitrogens with zero attached hydrogens (tertiary/aromatic N) is 1. The van der Waals surface area contributed by atoms with Crippen molar-refractivity contribution in [3.05, 3.63) is 130 Å². The minimum atomic E-state index is 0.804. The topological polar surface area (TPSA) is 22.1 Å². The zero-order chi connectivity index (χ0) is 22.5. The van der Waals surface area contributed by atoms with Crippen LogP contribution in [-0.4, -0.2) is 12.1 Å². The highest BCUT2D eigenvalue weighted by Crippen LogP contribution is 2.33. The minimum absolute atomic E-state index is 0.804. The van der Waals surface area contributed by atoms with Crippen molar-refractivity contribution in [2.24, 2.45) is 0 Å². The zero-order valence-corrected chi connectivity index (χ0v) is 19.1. The Hall–Kier alpha value is -3.65. The lowest BCUT2D eigenvalue weighted by atomic mass is 9.98. The Morgan fingerprint density at radius 2 is 1.52 bits per heavy atom. The maximum absolute atomic E-state index is 5.20. The SMILES string of the molecule is COc1ccc(CCc2ccc3c(c2)C=C(c2cccc(CCc4ccccc4)c2)C3)nc1. The predicted octanol–water partition coefficient (Wildman–Crippen LogP) is 6.76. The quantitative estimate of drug-likeness (QED) is 0.308. The van der Waals surface area contributed by atoms with Gasteiger partial charge >= 0.3 is 0 Å². The summed E-state index contributed by atoms with van der Waals surface area (Å²) in [6.07, 6.45) is 9.25. The lowest BCUT2D eigenvalue weighted by molar-refractivity contribution is 0.412. The van der Waals surface area contributed by atoms with E-state index in [1.807, 2.05) is 6.07 Å². The first kappa shape index (κ1) is 21.2. The number of aryl methyl sites for hydroxylation is 4. The minimum Gasteiger partial charge on any atom is -0.495 e. The molecule has 0 aliphatic heterocycles. The highest BCUT2D eigenvalue weighted by atomic mass is 16.5. The molecular formula is C31H29NO. The maximum Gasteiger partial charge on any atom is 0.137 e. The fourth-order valence-electron chi connectivity index (χ4n) is 4.54. The van der Waals surface area contributed by atoms with Crippen LogP contribution in [0.5, 0.6) is 5.75 Å². The first-order valence-electron chi connectivity index (χ1n) is 11.7. The number of methoxy groups -OCH3 is 1. The number of aromatic nitrogens is 1. The Labute approximate surface area is 196 Å². The molecular weight excluding hydrogens is 402 g/mol. The molecule has 0 unspecified atom stereocenters. The van der Waals surface area contributed by atoms with Gasteiger partial charge in [0.05, 0.1) is 13.3 Å². The van der Waals surface area contributed by atoms with Crippen molar-refractivity contribution in [3.63, 3.8) is 0 Å². The van der Waals surface area contributed by atoms with Crippen molar-refractivity contribution in [2.45, 2.75) is 32.1 Å². The van der Waals surface area contributed by atoms with E-state index in [2.05, 4.69) is 89.9 Å². The van der Waals surface area contributed by atoms with Gasteiger partial charge in [-0.15, -0.1) is 0 Å². The number of pyridine rings is 1. The lowest BCUT2D eigenvalue weighted by Crippen LogP contribution is -1.96. The van der Waals surface area contributed by atoms with Gasteiger partial charge in [-0.25, -0.2) is 0 Å². The van der Waals surface area contributed by atoms with Gasteiger partial charge in [0, 0.05) is 5.69 Å². The summed E-state index contributed by atoms with van der Waals surface area (Å²) in [6.45, 7) is 0. The molecule has 0 radical (unpaired) electrons. The van der Waals surface area contributed by atoms with E-state index >= 15 is 0 Å². The number of hydrogen-bond acceptors (Lipinski definition) is 2. The first-order valence-corrected chi connectivity index (χ1v) is 11.7. The Kier molecular flexibility index (Phi) is 6.34. The van der Waals surface area contributed by atoms with E-state index < -0.39 is 0 Å². The van der Waals surface area contributed by atoms with E-state index in [0.717, 1.165) is 43.5 Å². The van der Waals surface area contributed by atoms with Crippen molar-refractivity contribution in [3.8, 4) is 5.75 Å². The van der Waals surface area contributed by atoms with Gasteiger partial charge in [-0.2, -0.15) is 0 Å². The molecule has 0 atom stereocenters. The number of rotatable bonds is 8. The summed E-state index contributed by atoms with van der Waals surface area (Å²) in [5, 5.41) is 0. The summed E-state index contributed by atoms with van der Waals surface area (Å²) in [7, 11) is 1.67. The van der Waals surface area contributed by atoms with Gasteiger partial charge < -0.3 is 4.74 Å². The normalized spacial score (nSPS) is 12.3. The van der Waals surface area contributed by atoms with Gasteiger partial charge in [0.1, 0.15) is 5.75 Å². The molecule has 4 aromatic rings. The Morgan fingerprint density at radius 1 is 0.727 bits per heavy atom.